The second kappa shape index (κ2) is 4.44. The fraction of sp³-hybridized carbons (Fsp3) is 0.444. The molecule has 1 saturated heterocycles. The molecule has 1 aromatic heterocycles. The summed E-state index contributed by atoms with van der Waals surface area (Å²) in [4.78, 5) is 6.21. The monoisotopic (exact) mass is 225 g/mol. The average Bonchev–Trinajstić information content (AvgIpc) is 2.74. The van der Waals surface area contributed by atoms with Gasteiger partial charge in [-0.2, -0.15) is 4.99 Å². The molecular formula is C9H12ClN5. The molecule has 0 amide bonds. The van der Waals surface area contributed by atoms with E-state index in [-0.39, 0.29) is 0 Å². The van der Waals surface area contributed by atoms with E-state index in [0.717, 1.165) is 13.1 Å². The van der Waals surface area contributed by atoms with Crippen molar-refractivity contribution in [2.45, 2.75) is 12.8 Å². The van der Waals surface area contributed by atoms with Gasteiger partial charge in [0.15, 0.2) is 16.9 Å². The van der Waals surface area contributed by atoms with Crippen LogP contribution in [-0.2, 0) is 0 Å². The Hall–Kier alpha value is -1.36. The molecule has 0 radical (unpaired) electrons. The van der Waals surface area contributed by atoms with Crippen LogP contribution in [0.4, 0.5) is 5.82 Å². The molecule has 0 unspecified atom stereocenters. The molecule has 15 heavy (non-hydrogen) atoms. The third-order valence-corrected chi connectivity index (χ3v) is 2.48. The van der Waals surface area contributed by atoms with Crippen LogP contribution in [0.3, 0.4) is 0 Å². The minimum absolute atomic E-state index is 0.355. The lowest BCUT2D eigenvalue weighted by Crippen LogP contribution is -2.34. The van der Waals surface area contributed by atoms with Crippen LogP contribution in [0.1, 0.15) is 12.8 Å². The third-order valence-electron chi connectivity index (χ3n) is 2.28. The maximum absolute atomic E-state index is 5.82. The number of halogens is 1. The number of likely N-dealkylation sites (tertiary alicyclic amines) is 1. The Labute approximate surface area is 93.0 Å². The van der Waals surface area contributed by atoms with Gasteiger partial charge in [0.05, 0.1) is 0 Å². The minimum Gasteiger partial charge on any atom is -0.369 e. The summed E-state index contributed by atoms with van der Waals surface area (Å²) in [6.07, 6.45) is 2.34. The first kappa shape index (κ1) is 10.2. The van der Waals surface area contributed by atoms with Gasteiger partial charge in [-0.3, -0.25) is 0 Å². The summed E-state index contributed by atoms with van der Waals surface area (Å²) in [6, 6.07) is 3.34. The topological polar surface area (TPSA) is 67.4 Å². The molecule has 1 aliphatic heterocycles. The fourth-order valence-corrected chi connectivity index (χ4v) is 1.60. The lowest BCUT2D eigenvalue weighted by molar-refractivity contribution is 0.513. The summed E-state index contributed by atoms with van der Waals surface area (Å²) in [7, 11) is 0. The highest BCUT2D eigenvalue weighted by atomic mass is 35.5. The predicted molar refractivity (Wildman–Crippen MR) is 59.1 cm³/mol. The Morgan fingerprint density at radius 1 is 1.33 bits per heavy atom. The van der Waals surface area contributed by atoms with Crippen molar-refractivity contribution >= 4 is 23.4 Å². The molecule has 2 N–H and O–H groups in total. The molecule has 2 heterocycles. The molecule has 0 saturated carbocycles. The molecule has 2 rings (SSSR count). The molecule has 1 aliphatic rings. The molecule has 0 spiro atoms. The van der Waals surface area contributed by atoms with Crippen LogP contribution in [0.2, 0.25) is 5.15 Å². The predicted octanol–water partition coefficient (Wildman–Crippen LogP) is 1.17. The first-order chi connectivity index (χ1) is 7.25. The Kier molecular flexibility index (Phi) is 3.01. The van der Waals surface area contributed by atoms with Crippen molar-refractivity contribution in [3.8, 4) is 0 Å². The Bertz CT molecular complexity index is 355. The number of guanidine groups is 1. The maximum atomic E-state index is 5.82. The van der Waals surface area contributed by atoms with E-state index in [1.54, 1.807) is 12.1 Å². The van der Waals surface area contributed by atoms with Gasteiger partial charge in [0.2, 0.25) is 0 Å². The molecule has 0 aliphatic carbocycles. The first-order valence-corrected chi connectivity index (χ1v) is 5.22. The summed E-state index contributed by atoms with van der Waals surface area (Å²) in [5, 5.41) is 7.86. The zero-order valence-corrected chi connectivity index (χ0v) is 8.98. The van der Waals surface area contributed by atoms with Crippen molar-refractivity contribution in [1.82, 2.24) is 15.1 Å². The Morgan fingerprint density at radius 2 is 2.07 bits per heavy atom. The highest BCUT2D eigenvalue weighted by Gasteiger charge is 2.13. The van der Waals surface area contributed by atoms with E-state index < -0.39 is 0 Å². The van der Waals surface area contributed by atoms with E-state index in [1.807, 2.05) is 4.90 Å². The molecule has 5 nitrogen and oxygen atoms in total. The van der Waals surface area contributed by atoms with Crippen LogP contribution in [-0.4, -0.2) is 34.1 Å². The van der Waals surface area contributed by atoms with Crippen molar-refractivity contribution in [2.24, 2.45) is 10.7 Å². The maximum Gasteiger partial charge on any atom is 0.198 e. The lowest BCUT2D eigenvalue weighted by atomic mass is 10.4. The van der Waals surface area contributed by atoms with Crippen LogP contribution < -0.4 is 5.73 Å². The van der Waals surface area contributed by atoms with Crippen LogP contribution in [0.25, 0.3) is 0 Å². The standard InChI is InChI=1S/C9H12ClN5/c10-7-3-4-8(14-13-7)12-9(11)15-5-1-2-6-15/h3-4H,1-2,5-6H2,(H2,11,12,14). The van der Waals surface area contributed by atoms with Crippen molar-refractivity contribution in [3.63, 3.8) is 0 Å². The molecule has 0 bridgehead atoms. The largest absolute Gasteiger partial charge is 0.369 e. The number of nitrogens with two attached hydrogens (primary N) is 1. The first-order valence-electron chi connectivity index (χ1n) is 4.84. The summed E-state index contributed by atoms with van der Waals surface area (Å²) >= 11 is 5.61. The van der Waals surface area contributed by atoms with E-state index >= 15 is 0 Å². The number of hydrogen-bond acceptors (Lipinski definition) is 3. The van der Waals surface area contributed by atoms with Gasteiger partial charge < -0.3 is 10.6 Å². The van der Waals surface area contributed by atoms with Crippen LogP contribution in [0, 0.1) is 0 Å². The van der Waals surface area contributed by atoms with Gasteiger partial charge in [-0.25, -0.2) is 0 Å². The fourth-order valence-electron chi connectivity index (χ4n) is 1.50. The SMILES string of the molecule is NC(=Nc1ccc(Cl)nn1)N1CCCC1. The lowest BCUT2D eigenvalue weighted by Gasteiger charge is -2.15. The van der Waals surface area contributed by atoms with Crippen molar-refractivity contribution in [2.75, 3.05) is 13.1 Å². The van der Waals surface area contributed by atoms with Gasteiger partial charge in [0.1, 0.15) is 0 Å². The molecule has 0 aromatic carbocycles. The van der Waals surface area contributed by atoms with Gasteiger partial charge >= 0.3 is 0 Å². The quantitative estimate of drug-likeness (QED) is 0.576. The zero-order valence-electron chi connectivity index (χ0n) is 8.23. The van der Waals surface area contributed by atoms with E-state index in [2.05, 4.69) is 15.2 Å². The van der Waals surface area contributed by atoms with Crippen LogP contribution in [0.15, 0.2) is 17.1 Å². The minimum atomic E-state index is 0.355. The molecule has 1 aromatic rings. The number of aliphatic imine (C=N–C) groups is 1. The van der Waals surface area contributed by atoms with E-state index in [0.29, 0.717) is 16.9 Å². The summed E-state index contributed by atoms with van der Waals surface area (Å²) in [5.74, 6) is 0.993. The molecular weight excluding hydrogens is 214 g/mol. The van der Waals surface area contributed by atoms with Crippen molar-refractivity contribution < 1.29 is 0 Å². The third kappa shape index (κ3) is 2.56. The second-order valence-electron chi connectivity index (χ2n) is 3.38. The number of aromatic nitrogens is 2. The van der Waals surface area contributed by atoms with Crippen molar-refractivity contribution in [1.29, 1.82) is 0 Å². The molecule has 1 fully saturated rings. The smallest absolute Gasteiger partial charge is 0.198 e. The van der Waals surface area contributed by atoms with E-state index in [4.69, 9.17) is 17.3 Å². The average molecular weight is 226 g/mol. The normalized spacial score (nSPS) is 17.1. The van der Waals surface area contributed by atoms with Gasteiger partial charge in [0.25, 0.3) is 0 Å². The van der Waals surface area contributed by atoms with Gasteiger partial charge in [0, 0.05) is 13.1 Å². The van der Waals surface area contributed by atoms with Crippen LogP contribution in [0.5, 0.6) is 0 Å². The summed E-state index contributed by atoms with van der Waals surface area (Å²) in [6.45, 7) is 1.94. The van der Waals surface area contributed by atoms with Gasteiger partial charge in [-0.05, 0) is 25.0 Å². The zero-order chi connectivity index (χ0) is 10.7. The highest BCUT2D eigenvalue weighted by Crippen LogP contribution is 2.12. The van der Waals surface area contributed by atoms with E-state index in [1.165, 1.54) is 12.8 Å². The molecule has 80 valence electrons. The molecule has 0 atom stereocenters. The molecule has 6 heteroatoms. The van der Waals surface area contributed by atoms with Crippen molar-refractivity contribution in [3.05, 3.63) is 17.3 Å². The van der Waals surface area contributed by atoms with Gasteiger partial charge in [-0.15, -0.1) is 10.2 Å². The number of rotatable bonds is 1. The van der Waals surface area contributed by atoms with E-state index in [9.17, 15) is 0 Å². The summed E-state index contributed by atoms with van der Waals surface area (Å²) in [5.41, 5.74) is 5.82. The second-order valence-corrected chi connectivity index (χ2v) is 3.77. The Morgan fingerprint density at radius 3 is 2.67 bits per heavy atom. The Balaban J connectivity index is 2.11. The number of nitrogens with zero attached hydrogens (tertiary/aromatic N) is 4. The number of hydrogen-bond donors (Lipinski definition) is 1. The highest BCUT2D eigenvalue weighted by molar-refractivity contribution is 6.29. The van der Waals surface area contributed by atoms with Gasteiger partial charge in [-0.1, -0.05) is 11.6 Å². The summed E-state index contributed by atoms with van der Waals surface area (Å²) < 4.78 is 0. The van der Waals surface area contributed by atoms with Crippen LogP contribution >= 0.6 is 11.6 Å².